The van der Waals surface area contributed by atoms with Crippen molar-refractivity contribution >= 4 is 24.0 Å². The summed E-state index contributed by atoms with van der Waals surface area (Å²) in [5, 5.41) is 3.01. The molecule has 1 amide bonds. The Morgan fingerprint density at radius 2 is 1.96 bits per heavy atom. The number of benzene rings is 1. The van der Waals surface area contributed by atoms with E-state index in [1.807, 2.05) is 39.0 Å². The molecule has 1 aliphatic rings. The van der Waals surface area contributed by atoms with Gasteiger partial charge in [0.05, 0.1) is 18.6 Å². The molecule has 5 nitrogen and oxygen atoms in total. The molecule has 0 aliphatic carbocycles. The Bertz CT molecular complexity index is 547. The van der Waals surface area contributed by atoms with Crippen LogP contribution in [0.3, 0.4) is 0 Å². The van der Waals surface area contributed by atoms with Crippen molar-refractivity contribution in [2.75, 3.05) is 25.1 Å². The molecule has 6 heteroatoms. The number of nitrogens with two attached hydrogens (primary N) is 1. The van der Waals surface area contributed by atoms with Gasteiger partial charge in [0.1, 0.15) is 11.9 Å². The molecule has 3 N–H and O–H groups in total. The third kappa shape index (κ3) is 5.33. The maximum Gasteiger partial charge on any atom is 0.231 e. The minimum Gasteiger partial charge on any atom is -0.490 e. The first kappa shape index (κ1) is 21.7. The van der Waals surface area contributed by atoms with Crippen LogP contribution in [0.5, 0.6) is 5.75 Å². The highest BCUT2D eigenvalue weighted by Crippen LogP contribution is 2.29. The normalized spacial score (nSPS) is 15.4. The quantitative estimate of drug-likeness (QED) is 0.767. The number of amides is 1. The van der Waals surface area contributed by atoms with Gasteiger partial charge in [-0.05, 0) is 43.5 Å². The average molecular weight is 371 g/mol. The van der Waals surface area contributed by atoms with E-state index in [0.717, 1.165) is 55.9 Å². The van der Waals surface area contributed by atoms with Gasteiger partial charge in [0.2, 0.25) is 5.91 Å². The summed E-state index contributed by atoms with van der Waals surface area (Å²) < 4.78 is 11.4. The fourth-order valence-corrected chi connectivity index (χ4v) is 3.05. The van der Waals surface area contributed by atoms with Crippen LogP contribution in [0.4, 0.5) is 5.69 Å². The summed E-state index contributed by atoms with van der Waals surface area (Å²) in [6.45, 7) is 7.88. The first-order valence-electron chi connectivity index (χ1n) is 8.91. The van der Waals surface area contributed by atoms with Gasteiger partial charge >= 0.3 is 0 Å². The van der Waals surface area contributed by atoms with Crippen LogP contribution in [0.15, 0.2) is 18.2 Å². The number of carbonyl (C=O) groups excluding carboxylic acids is 1. The Hall–Kier alpha value is -1.30. The lowest BCUT2D eigenvalue weighted by molar-refractivity contribution is -0.125. The first-order valence-corrected chi connectivity index (χ1v) is 8.91. The van der Waals surface area contributed by atoms with Crippen LogP contribution in [-0.2, 0) is 9.53 Å². The molecule has 0 saturated carbocycles. The van der Waals surface area contributed by atoms with Gasteiger partial charge in [-0.2, -0.15) is 0 Å². The molecular weight excluding hydrogens is 340 g/mol. The topological polar surface area (TPSA) is 73.6 Å². The van der Waals surface area contributed by atoms with E-state index in [-0.39, 0.29) is 24.4 Å². The zero-order valence-corrected chi connectivity index (χ0v) is 16.3. The predicted molar refractivity (Wildman–Crippen MR) is 104 cm³/mol. The number of carbonyl (C=O) groups is 1. The van der Waals surface area contributed by atoms with Crippen LogP contribution in [0.25, 0.3) is 0 Å². The second kappa shape index (κ2) is 10.00. The van der Waals surface area contributed by atoms with Crippen molar-refractivity contribution in [2.45, 2.75) is 52.6 Å². The molecule has 25 heavy (non-hydrogen) atoms. The molecule has 1 saturated heterocycles. The average Bonchev–Trinajstić information content (AvgIpc) is 2.60. The highest BCUT2D eigenvalue weighted by atomic mass is 35.5. The van der Waals surface area contributed by atoms with Crippen LogP contribution < -0.4 is 15.8 Å². The number of halogens is 1. The van der Waals surface area contributed by atoms with Crippen LogP contribution in [0.1, 0.15) is 45.1 Å². The Kier molecular flexibility index (Phi) is 8.69. The largest absolute Gasteiger partial charge is 0.490 e. The molecule has 0 aromatic heterocycles. The van der Waals surface area contributed by atoms with E-state index >= 15 is 0 Å². The maximum atomic E-state index is 12.6. The van der Waals surface area contributed by atoms with E-state index in [1.165, 1.54) is 0 Å². The van der Waals surface area contributed by atoms with Crippen molar-refractivity contribution < 1.29 is 14.3 Å². The summed E-state index contributed by atoms with van der Waals surface area (Å²) in [6.07, 6.45) is 3.52. The van der Waals surface area contributed by atoms with Crippen molar-refractivity contribution in [3.8, 4) is 5.75 Å². The number of rotatable bonds is 7. The summed E-state index contributed by atoms with van der Waals surface area (Å²) in [5.74, 6) is 0.864. The minimum atomic E-state index is -0.495. The van der Waals surface area contributed by atoms with Crippen LogP contribution in [0, 0.1) is 12.3 Å². The van der Waals surface area contributed by atoms with Gasteiger partial charge in [-0.15, -0.1) is 12.4 Å². The van der Waals surface area contributed by atoms with Crippen molar-refractivity contribution in [1.82, 2.24) is 0 Å². The fraction of sp³-hybridized carbons (Fsp3) is 0.632. The lowest BCUT2D eigenvalue weighted by Crippen LogP contribution is -2.41. The third-order valence-electron chi connectivity index (χ3n) is 5.12. The van der Waals surface area contributed by atoms with E-state index in [2.05, 4.69) is 5.32 Å². The smallest absolute Gasteiger partial charge is 0.231 e. The molecule has 1 heterocycles. The fourth-order valence-electron chi connectivity index (χ4n) is 3.05. The van der Waals surface area contributed by atoms with Gasteiger partial charge < -0.3 is 20.5 Å². The Morgan fingerprint density at radius 1 is 1.32 bits per heavy atom. The molecule has 0 atom stereocenters. The van der Waals surface area contributed by atoms with Gasteiger partial charge in [0.15, 0.2) is 0 Å². The summed E-state index contributed by atoms with van der Waals surface area (Å²) in [6, 6.07) is 5.79. The Balaban J connectivity index is 0.00000312. The Morgan fingerprint density at radius 3 is 2.48 bits per heavy atom. The van der Waals surface area contributed by atoms with Crippen molar-refractivity contribution in [1.29, 1.82) is 0 Å². The summed E-state index contributed by atoms with van der Waals surface area (Å²) in [5.41, 5.74) is 7.16. The van der Waals surface area contributed by atoms with Gasteiger partial charge in [-0.3, -0.25) is 4.79 Å². The highest BCUT2D eigenvalue weighted by Gasteiger charge is 2.33. The lowest BCUT2D eigenvalue weighted by atomic mass is 9.81. The standard InChI is InChI=1S/C19H30N2O3.ClH/c1-4-19(5-2,13-20)18(22)21-15-6-7-17(14(3)12-15)24-16-8-10-23-11-9-16;/h6-7,12,16H,4-5,8-11,13,20H2,1-3H3,(H,21,22);1H. The molecule has 1 fully saturated rings. The molecule has 142 valence electrons. The van der Waals surface area contributed by atoms with Crippen LogP contribution in [-0.4, -0.2) is 31.8 Å². The number of hydrogen-bond acceptors (Lipinski definition) is 4. The van der Waals surface area contributed by atoms with E-state index < -0.39 is 5.41 Å². The van der Waals surface area contributed by atoms with Gasteiger partial charge in [-0.1, -0.05) is 13.8 Å². The predicted octanol–water partition coefficient (Wildman–Crippen LogP) is 3.68. The van der Waals surface area contributed by atoms with E-state index in [0.29, 0.717) is 6.54 Å². The molecule has 0 unspecified atom stereocenters. The number of nitrogens with one attached hydrogen (secondary N) is 1. The second-order valence-corrected chi connectivity index (χ2v) is 6.56. The number of hydrogen-bond donors (Lipinski definition) is 2. The highest BCUT2D eigenvalue weighted by molar-refractivity contribution is 5.95. The van der Waals surface area contributed by atoms with Crippen molar-refractivity contribution in [2.24, 2.45) is 11.1 Å². The summed E-state index contributed by atoms with van der Waals surface area (Å²) in [7, 11) is 0. The van der Waals surface area contributed by atoms with E-state index in [9.17, 15) is 4.79 Å². The third-order valence-corrected chi connectivity index (χ3v) is 5.12. The molecule has 1 aliphatic heterocycles. The molecule has 1 aromatic carbocycles. The lowest BCUT2D eigenvalue weighted by Gasteiger charge is -2.28. The molecule has 1 aromatic rings. The van der Waals surface area contributed by atoms with E-state index in [4.69, 9.17) is 15.2 Å². The van der Waals surface area contributed by atoms with Crippen LogP contribution in [0.2, 0.25) is 0 Å². The zero-order chi connectivity index (χ0) is 17.6. The minimum absolute atomic E-state index is 0. The molecule has 0 bridgehead atoms. The number of aryl methyl sites for hydroxylation is 1. The van der Waals surface area contributed by atoms with Gasteiger partial charge in [-0.25, -0.2) is 0 Å². The van der Waals surface area contributed by atoms with Crippen LogP contribution >= 0.6 is 12.4 Å². The zero-order valence-electron chi connectivity index (χ0n) is 15.5. The molecule has 0 spiro atoms. The summed E-state index contributed by atoms with van der Waals surface area (Å²) in [4.78, 5) is 12.6. The van der Waals surface area contributed by atoms with Gasteiger partial charge in [0.25, 0.3) is 0 Å². The molecule has 2 rings (SSSR count). The monoisotopic (exact) mass is 370 g/mol. The molecular formula is C19H31ClN2O3. The summed E-state index contributed by atoms with van der Waals surface area (Å²) >= 11 is 0. The SMILES string of the molecule is CCC(CC)(CN)C(=O)Nc1ccc(OC2CCOCC2)c(C)c1.Cl. The van der Waals surface area contributed by atoms with Crippen molar-refractivity contribution in [3.63, 3.8) is 0 Å². The maximum absolute atomic E-state index is 12.6. The van der Waals surface area contributed by atoms with E-state index in [1.54, 1.807) is 0 Å². The number of anilines is 1. The second-order valence-electron chi connectivity index (χ2n) is 6.56. The first-order chi connectivity index (χ1) is 11.5. The van der Waals surface area contributed by atoms with Gasteiger partial charge in [0, 0.05) is 25.1 Å². The number of ether oxygens (including phenoxy) is 2. The Labute approximate surface area is 157 Å². The molecule has 0 radical (unpaired) electrons. The van der Waals surface area contributed by atoms with Crippen molar-refractivity contribution in [3.05, 3.63) is 23.8 Å².